The second-order valence-electron chi connectivity index (χ2n) is 5.00. The molecule has 0 heterocycles. The van der Waals surface area contributed by atoms with E-state index < -0.39 is 17.5 Å². The van der Waals surface area contributed by atoms with Crippen molar-refractivity contribution in [2.75, 3.05) is 20.1 Å². The molecule has 0 aliphatic heterocycles. The molecule has 0 aromatic heterocycles. The Morgan fingerprint density at radius 2 is 1.95 bits per heavy atom. The first-order chi connectivity index (χ1) is 8.81. The molecule has 0 spiro atoms. The second kappa shape index (κ2) is 5.90. The molecule has 1 unspecified atom stereocenters. The van der Waals surface area contributed by atoms with Crippen molar-refractivity contribution in [1.82, 2.24) is 15.5 Å². The van der Waals surface area contributed by atoms with Crippen LogP contribution in [0.15, 0.2) is 0 Å². The predicted octanol–water partition coefficient (Wildman–Crippen LogP) is 0.0172. The van der Waals surface area contributed by atoms with Crippen LogP contribution in [0.2, 0.25) is 0 Å². The third-order valence-electron chi connectivity index (χ3n) is 3.51. The van der Waals surface area contributed by atoms with E-state index in [9.17, 15) is 19.5 Å². The molecule has 1 saturated carbocycles. The number of hydrogen-bond acceptors (Lipinski definition) is 3. The minimum atomic E-state index is -1.26. The number of carboxylic acid groups (broad SMARTS) is 1. The lowest BCUT2D eigenvalue weighted by atomic mass is 9.96. The van der Waals surface area contributed by atoms with Crippen LogP contribution in [0.1, 0.15) is 26.7 Å². The largest absolute Gasteiger partial charge is 0.480 e. The van der Waals surface area contributed by atoms with Crippen LogP contribution in [0, 0.1) is 5.92 Å². The summed E-state index contributed by atoms with van der Waals surface area (Å²) in [6.45, 7) is 3.73. The van der Waals surface area contributed by atoms with Crippen molar-refractivity contribution in [3.8, 4) is 0 Å². The number of carbonyl (C=O) groups excluding carboxylic acids is 2. The van der Waals surface area contributed by atoms with Crippen LogP contribution in [0.4, 0.5) is 4.79 Å². The molecular formula is C12H21N3O4. The highest BCUT2D eigenvalue weighted by Crippen LogP contribution is 2.39. The second-order valence-corrected chi connectivity index (χ2v) is 5.00. The maximum atomic E-state index is 11.7. The van der Waals surface area contributed by atoms with Gasteiger partial charge < -0.3 is 20.6 Å². The molecule has 1 fully saturated rings. The first-order valence-corrected chi connectivity index (χ1v) is 6.34. The highest BCUT2D eigenvalue weighted by atomic mass is 16.4. The fraction of sp³-hybridized carbons (Fsp3) is 0.750. The van der Waals surface area contributed by atoms with Crippen molar-refractivity contribution in [3.63, 3.8) is 0 Å². The molecule has 7 heteroatoms. The fourth-order valence-corrected chi connectivity index (χ4v) is 1.74. The molecule has 108 valence electrons. The van der Waals surface area contributed by atoms with Gasteiger partial charge in [0.2, 0.25) is 5.91 Å². The number of hydrogen-bond donors (Lipinski definition) is 3. The van der Waals surface area contributed by atoms with Crippen LogP contribution in [-0.4, -0.2) is 53.6 Å². The van der Waals surface area contributed by atoms with Crippen LogP contribution in [0.25, 0.3) is 0 Å². The molecule has 0 saturated heterocycles. The van der Waals surface area contributed by atoms with Gasteiger partial charge in [0.25, 0.3) is 0 Å². The summed E-state index contributed by atoms with van der Waals surface area (Å²) in [6, 6.07) is -0.630. The third kappa shape index (κ3) is 3.84. The van der Waals surface area contributed by atoms with E-state index in [1.54, 1.807) is 7.05 Å². The standard InChI is InChI=1S/C12H21N3O4/c1-4-15(3)9(16)7-13-11(19)14-12(2,10(17)18)8-5-6-8/h8H,4-7H2,1-3H3,(H,17,18)(H2,13,14,19). The Morgan fingerprint density at radius 3 is 2.37 bits per heavy atom. The van der Waals surface area contributed by atoms with Gasteiger partial charge in [0.1, 0.15) is 5.54 Å². The number of urea groups is 1. The number of amides is 3. The van der Waals surface area contributed by atoms with Crippen LogP contribution in [0.3, 0.4) is 0 Å². The average molecular weight is 271 g/mol. The van der Waals surface area contributed by atoms with E-state index in [1.165, 1.54) is 11.8 Å². The number of carboxylic acids is 1. The van der Waals surface area contributed by atoms with Gasteiger partial charge in [0.05, 0.1) is 6.54 Å². The summed E-state index contributed by atoms with van der Waals surface area (Å²) in [6.07, 6.45) is 1.58. The summed E-state index contributed by atoms with van der Waals surface area (Å²) in [5, 5.41) is 14.0. The summed E-state index contributed by atoms with van der Waals surface area (Å²) in [5.74, 6) is -1.31. The van der Waals surface area contributed by atoms with Crippen molar-refractivity contribution in [1.29, 1.82) is 0 Å². The normalized spacial score (nSPS) is 17.2. The molecule has 1 aliphatic rings. The zero-order valence-corrected chi connectivity index (χ0v) is 11.5. The van der Waals surface area contributed by atoms with Crippen molar-refractivity contribution < 1.29 is 19.5 Å². The zero-order valence-electron chi connectivity index (χ0n) is 11.5. The van der Waals surface area contributed by atoms with Crippen LogP contribution in [-0.2, 0) is 9.59 Å². The molecule has 7 nitrogen and oxygen atoms in total. The maximum Gasteiger partial charge on any atom is 0.329 e. The lowest BCUT2D eigenvalue weighted by Crippen LogP contribution is -2.57. The minimum Gasteiger partial charge on any atom is -0.480 e. The zero-order chi connectivity index (χ0) is 14.6. The molecule has 0 aromatic carbocycles. The predicted molar refractivity (Wildman–Crippen MR) is 68.6 cm³/mol. The Bertz CT molecular complexity index is 381. The number of nitrogens with one attached hydrogen (secondary N) is 2. The van der Waals surface area contributed by atoms with Gasteiger partial charge >= 0.3 is 12.0 Å². The first kappa shape index (κ1) is 15.3. The van der Waals surface area contributed by atoms with Gasteiger partial charge in [0, 0.05) is 13.6 Å². The molecular weight excluding hydrogens is 250 g/mol. The van der Waals surface area contributed by atoms with E-state index in [0.29, 0.717) is 6.54 Å². The van der Waals surface area contributed by atoms with Crippen LogP contribution < -0.4 is 10.6 Å². The number of carbonyl (C=O) groups is 3. The monoisotopic (exact) mass is 271 g/mol. The lowest BCUT2D eigenvalue weighted by Gasteiger charge is -2.26. The summed E-state index contributed by atoms with van der Waals surface area (Å²) < 4.78 is 0. The van der Waals surface area contributed by atoms with E-state index >= 15 is 0 Å². The van der Waals surface area contributed by atoms with E-state index in [4.69, 9.17) is 0 Å². The van der Waals surface area contributed by atoms with Gasteiger partial charge in [-0.1, -0.05) is 0 Å². The fourth-order valence-electron chi connectivity index (χ4n) is 1.74. The van der Waals surface area contributed by atoms with E-state index in [1.807, 2.05) is 6.92 Å². The molecule has 1 rings (SSSR count). The average Bonchev–Trinajstić information content (AvgIpc) is 3.18. The maximum absolute atomic E-state index is 11.7. The van der Waals surface area contributed by atoms with Gasteiger partial charge in [-0.05, 0) is 32.6 Å². The van der Waals surface area contributed by atoms with Gasteiger partial charge in [-0.25, -0.2) is 9.59 Å². The van der Waals surface area contributed by atoms with E-state index in [2.05, 4.69) is 10.6 Å². The molecule has 3 N–H and O–H groups in total. The Morgan fingerprint density at radius 1 is 1.37 bits per heavy atom. The summed E-state index contributed by atoms with van der Waals surface area (Å²) >= 11 is 0. The Hall–Kier alpha value is -1.79. The highest BCUT2D eigenvalue weighted by molar-refractivity contribution is 5.88. The molecule has 0 aromatic rings. The van der Waals surface area contributed by atoms with Gasteiger partial charge in [-0.2, -0.15) is 0 Å². The number of likely N-dealkylation sites (N-methyl/N-ethyl adjacent to an activating group) is 1. The third-order valence-corrected chi connectivity index (χ3v) is 3.51. The molecule has 19 heavy (non-hydrogen) atoms. The number of rotatable bonds is 6. The summed E-state index contributed by atoms with van der Waals surface area (Å²) in [4.78, 5) is 35.8. The SMILES string of the molecule is CCN(C)C(=O)CNC(=O)NC(C)(C(=O)O)C1CC1. The topological polar surface area (TPSA) is 98.7 Å². The molecule has 1 aliphatic carbocycles. The van der Waals surface area contributed by atoms with Crippen LogP contribution >= 0.6 is 0 Å². The lowest BCUT2D eigenvalue weighted by molar-refractivity contribution is -0.144. The molecule has 3 amide bonds. The summed E-state index contributed by atoms with van der Waals surface area (Å²) in [7, 11) is 1.63. The quantitative estimate of drug-likeness (QED) is 0.634. The van der Waals surface area contributed by atoms with Crippen molar-refractivity contribution >= 4 is 17.9 Å². The van der Waals surface area contributed by atoms with Gasteiger partial charge in [-0.15, -0.1) is 0 Å². The molecule has 0 radical (unpaired) electrons. The van der Waals surface area contributed by atoms with Crippen molar-refractivity contribution in [3.05, 3.63) is 0 Å². The van der Waals surface area contributed by atoms with E-state index in [-0.39, 0.29) is 18.4 Å². The molecule has 1 atom stereocenters. The van der Waals surface area contributed by atoms with E-state index in [0.717, 1.165) is 12.8 Å². The Kier molecular flexibility index (Phi) is 4.74. The minimum absolute atomic E-state index is 0.0373. The summed E-state index contributed by atoms with van der Waals surface area (Å²) in [5.41, 5.74) is -1.26. The number of aliphatic carboxylic acids is 1. The first-order valence-electron chi connectivity index (χ1n) is 6.34. The molecule has 0 bridgehead atoms. The van der Waals surface area contributed by atoms with Gasteiger partial charge in [0.15, 0.2) is 0 Å². The Labute approximate surface area is 112 Å². The van der Waals surface area contributed by atoms with Crippen molar-refractivity contribution in [2.24, 2.45) is 5.92 Å². The Balaban J connectivity index is 2.46. The highest BCUT2D eigenvalue weighted by Gasteiger charge is 2.48. The number of nitrogens with zero attached hydrogens (tertiary/aromatic N) is 1. The van der Waals surface area contributed by atoms with Gasteiger partial charge in [-0.3, -0.25) is 4.79 Å². The van der Waals surface area contributed by atoms with Crippen LogP contribution in [0.5, 0.6) is 0 Å². The van der Waals surface area contributed by atoms with Crippen molar-refractivity contribution in [2.45, 2.75) is 32.2 Å². The smallest absolute Gasteiger partial charge is 0.329 e.